The average Bonchev–Trinajstić information content (AvgIpc) is 2.58. The van der Waals surface area contributed by atoms with Crippen LogP contribution in [0.4, 0.5) is 0 Å². The van der Waals surface area contributed by atoms with Crippen molar-refractivity contribution in [3.05, 3.63) is 28.5 Å². The maximum atomic E-state index is 12.7. The number of hydrogen-bond donors (Lipinski definition) is 0. The first-order valence-electron chi connectivity index (χ1n) is 7.75. The number of carbonyl (C=O) groups excluding carboxylic acids is 1. The van der Waals surface area contributed by atoms with Gasteiger partial charge >= 0.3 is 0 Å². The first-order valence-corrected chi connectivity index (χ1v) is 8.13. The molecule has 2 heterocycles. The van der Waals surface area contributed by atoms with Crippen LogP contribution in [-0.4, -0.2) is 28.9 Å². The number of carbonyl (C=O) groups is 1. The van der Waals surface area contributed by atoms with Crippen LogP contribution in [-0.2, 0) is 0 Å². The summed E-state index contributed by atoms with van der Waals surface area (Å²) in [6.07, 6.45) is 3.29. The van der Waals surface area contributed by atoms with Crippen LogP contribution in [0.25, 0.3) is 0 Å². The third-order valence-electron chi connectivity index (χ3n) is 4.28. The third-order valence-corrected chi connectivity index (χ3v) is 4.47. The summed E-state index contributed by atoms with van der Waals surface area (Å²) in [4.78, 5) is 19.0. The topological polar surface area (TPSA) is 33.2 Å². The van der Waals surface area contributed by atoms with E-state index in [9.17, 15) is 4.79 Å². The fourth-order valence-electron chi connectivity index (χ4n) is 2.74. The summed E-state index contributed by atoms with van der Waals surface area (Å²) >= 11 is 6.07. The second-order valence-electron chi connectivity index (χ2n) is 7.07. The minimum absolute atomic E-state index is 0.0823. The minimum atomic E-state index is 0.0823. The van der Waals surface area contributed by atoms with E-state index in [1.807, 2.05) is 11.0 Å². The number of nitrogens with zero attached hydrogens (tertiary/aromatic N) is 2. The van der Waals surface area contributed by atoms with Crippen LogP contribution >= 0.6 is 11.6 Å². The van der Waals surface area contributed by atoms with Gasteiger partial charge < -0.3 is 4.90 Å². The lowest BCUT2D eigenvalue weighted by Gasteiger charge is -2.23. The Morgan fingerprint density at radius 1 is 1.29 bits per heavy atom. The summed E-state index contributed by atoms with van der Waals surface area (Å²) in [6, 6.07) is 3.57. The lowest BCUT2D eigenvalue weighted by molar-refractivity contribution is 0.0757. The van der Waals surface area contributed by atoms with E-state index in [1.165, 1.54) is 6.42 Å². The smallest absolute Gasteiger partial charge is 0.254 e. The zero-order valence-corrected chi connectivity index (χ0v) is 14.2. The molecule has 0 spiro atoms. The Morgan fingerprint density at radius 3 is 2.67 bits per heavy atom. The van der Waals surface area contributed by atoms with Gasteiger partial charge in [0.2, 0.25) is 0 Å². The van der Waals surface area contributed by atoms with Crippen LogP contribution < -0.4 is 0 Å². The highest BCUT2D eigenvalue weighted by molar-refractivity contribution is 6.29. The lowest BCUT2D eigenvalue weighted by atomic mass is 9.85. The molecule has 21 heavy (non-hydrogen) atoms. The maximum absolute atomic E-state index is 12.7. The normalized spacial score (nSPS) is 18.7. The molecule has 1 aliphatic heterocycles. The Hall–Kier alpha value is -1.09. The number of aromatic nitrogens is 1. The molecule has 1 saturated heterocycles. The fourth-order valence-corrected chi connectivity index (χ4v) is 2.96. The molecule has 0 unspecified atom stereocenters. The maximum Gasteiger partial charge on any atom is 0.254 e. The number of halogens is 1. The number of pyridine rings is 1. The van der Waals surface area contributed by atoms with Gasteiger partial charge in [0.25, 0.3) is 5.91 Å². The first-order chi connectivity index (χ1) is 9.78. The van der Waals surface area contributed by atoms with Crippen molar-refractivity contribution in [1.29, 1.82) is 0 Å². The van der Waals surface area contributed by atoms with Crippen molar-refractivity contribution in [3.63, 3.8) is 0 Å². The predicted octanol–water partition coefficient (Wildman–Crippen LogP) is 4.51. The molecule has 0 radical (unpaired) electrons. The number of rotatable bonds is 2. The van der Waals surface area contributed by atoms with E-state index in [-0.39, 0.29) is 11.8 Å². The monoisotopic (exact) mass is 308 g/mol. The minimum Gasteiger partial charge on any atom is -0.339 e. The van der Waals surface area contributed by atoms with E-state index >= 15 is 0 Å². The summed E-state index contributed by atoms with van der Waals surface area (Å²) in [7, 11) is 0. The van der Waals surface area contributed by atoms with Crippen molar-refractivity contribution in [2.75, 3.05) is 13.1 Å². The van der Waals surface area contributed by atoms with E-state index in [4.69, 9.17) is 11.6 Å². The zero-order chi connectivity index (χ0) is 15.6. The molecule has 3 nitrogen and oxygen atoms in total. The predicted molar refractivity (Wildman–Crippen MR) is 86.9 cm³/mol. The van der Waals surface area contributed by atoms with Crippen molar-refractivity contribution in [2.24, 2.45) is 5.41 Å². The summed E-state index contributed by atoms with van der Waals surface area (Å²) in [5, 5.41) is 0.403. The van der Waals surface area contributed by atoms with Gasteiger partial charge in [0.15, 0.2) is 0 Å². The Morgan fingerprint density at radius 2 is 2.00 bits per heavy atom. The molecule has 0 N–H and O–H groups in total. The molecule has 1 aromatic heterocycles. The molecule has 116 valence electrons. The summed E-state index contributed by atoms with van der Waals surface area (Å²) in [5.74, 6) is 0.345. The van der Waals surface area contributed by atoms with E-state index in [0.29, 0.717) is 16.1 Å². The van der Waals surface area contributed by atoms with Gasteiger partial charge in [0, 0.05) is 24.3 Å². The Labute approximate surface area is 132 Å². The highest BCUT2D eigenvalue weighted by Crippen LogP contribution is 2.30. The molecule has 0 aliphatic carbocycles. The average molecular weight is 309 g/mol. The molecule has 1 aromatic rings. The van der Waals surface area contributed by atoms with Crippen molar-refractivity contribution < 1.29 is 4.79 Å². The molecule has 0 bridgehead atoms. The van der Waals surface area contributed by atoms with Crippen LogP contribution in [0.2, 0.25) is 5.15 Å². The summed E-state index contributed by atoms with van der Waals surface area (Å²) < 4.78 is 0. The van der Waals surface area contributed by atoms with E-state index in [2.05, 4.69) is 32.7 Å². The Kier molecular flexibility index (Phi) is 4.92. The zero-order valence-electron chi connectivity index (χ0n) is 13.4. The van der Waals surface area contributed by atoms with Crippen molar-refractivity contribution in [2.45, 2.75) is 52.9 Å². The quantitative estimate of drug-likeness (QED) is 0.753. The molecule has 1 amide bonds. The van der Waals surface area contributed by atoms with Crippen LogP contribution in [0.3, 0.4) is 0 Å². The van der Waals surface area contributed by atoms with Gasteiger partial charge in [0.1, 0.15) is 5.15 Å². The first kappa shape index (κ1) is 16.3. The van der Waals surface area contributed by atoms with Crippen LogP contribution in [0.1, 0.15) is 68.9 Å². The summed E-state index contributed by atoms with van der Waals surface area (Å²) in [5.41, 5.74) is 1.87. The molecule has 2 rings (SSSR count). The van der Waals surface area contributed by atoms with Crippen LogP contribution in [0, 0.1) is 5.41 Å². The number of likely N-dealkylation sites (tertiary alicyclic amines) is 1. The van der Waals surface area contributed by atoms with Gasteiger partial charge in [-0.05, 0) is 42.7 Å². The van der Waals surface area contributed by atoms with E-state index in [1.54, 1.807) is 6.07 Å². The van der Waals surface area contributed by atoms with Gasteiger partial charge in [-0.25, -0.2) is 4.98 Å². The second kappa shape index (κ2) is 6.35. The highest BCUT2D eigenvalue weighted by Gasteiger charge is 2.26. The second-order valence-corrected chi connectivity index (χ2v) is 7.46. The standard InChI is InChI=1S/C17H25ClN2O/c1-12(2)14-10-13(11-15(18)19-14)16(21)20-8-5-6-17(3,4)7-9-20/h10-12H,5-9H2,1-4H3. The summed E-state index contributed by atoms with van der Waals surface area (Å²) in [6.45, 7) is 10.3. The Bertz CT molecular complexity index is 526. The SMILES string of the molecule is CC(C)c1cc(C(=O)N2CCCC(C)(C)CC2)cc(Cl)n1. The molecule has 1 aliphatic rings. The Balaban J connectivity index is 2.20. The molecular formula is C17H25ClN2O. The van der Waals surface area contributed by atoms with Gasteiger partial charge in [-0.1, -0.05) is 39.3 Å². The highest BCUT2D eigenvalue weighted by atomic mass is 35.5. The molecule has 1 fully saturated rings. The molecule has 0 atom stereocenters. The van der Waals surface area contributed by atoms with E-state index in [0.717, 1.165) is 31.6 Å². The van der Waals surface area contributed by atoms with Gasteiger partial charge in [0.05, 0.1) is 0 Å². The number of hydrogen-bond acceptors (Lipinski definition) is 2. The number of amides is 1. The molecule has 4 heteroatoms. The molecule has 0 aromatic carbocycles. The molecule has 0 saturated carbocycles. The van der Waals surface area contributed by atoms with E-state index < -0.39 is 0 Å². The van der Waals surface area contributed by atoms with Crippen molar-refractivity contribution in [3.8, 4) is 0 Å². The van der Waals surface area contributed by atoms with Crippen molar-refractivity contribution >= 4 is 17.5 Å². The van der Waals surface area contributed by atoms with Crippen LogP contribution in [0.5, 0.6) is 0 Å². The third kappa shape index (κ3) is 4.19. The van der Waals surface area contributed by atoms with Gasteiger partial charge in [-0.3, -0.25) is 4.79 Å². The van der Waals surface area contributed by atoms with Crippen LogP contribution in [0.15, 0.2) is 12.1 Å². The fraction of sp³-hybridized carbons (Fsp3) is 0.647. The largest absolute Gasteiger partial charge is 0.339 e. The van der Waals surface area contributed by atoms with Gasteiger partial charge in [-0.15, -0.1) is 0 Å². The molecular weight excluding hydrogens is 284 g/mol. The lowest BCUT2D eigenvalue weighted by Crippen LogP contribution is -2.32. The van der Waals surface area contributed by atoms with Gasteiger partial charge in [-0.2, -0.15) is 0 Å². The van der Waals surface area contributed by atoms with Crippen molar-refractivity contribution in [1.82, 2.24) is 9.88 Å².